The number of nitro benzene ring substituents is 1. The third-order valence-electron chi connectivity index (χ3n) is 3.95. The van der Waals surface area contributed by atoms with Crippen molar-refractivity contribution in [2.45, 2.75) is 6.54 Å². The van der Waals surface area contributed by atoms with Crippen molar-refractivity contribution in [1.29, 1.82) is 0 Å². The lowest BCUT2D eigenvalue weighted by atomic mass is 10.2. The predicted octanol–water partition coefficient (Wildman–Crippen LogP) is 0.807. The maximum atomic E-state index is 12.9. The second-order valence-corrected chi connectivity index (χ2v) is 5.47. The van der Waals surface area contributed by atoms with Gasteiger partial charge in [-0.25, -0.2) is 9.36 Å². The lowest BCUT2D eigenvalue weighted by molar-refractivity contribution is -0.384. The maximum absolute atomic E-state index is 12.9. The Bertz CT molecular complexity index is 1130. The molecule has 0 aliphatic heterocycles. The molecule has 9 heteroatoms. The van der Waals surface area contributed by atoms with Crippen molar-refractivity contribution in [2.75, 3.05) is 7.05 Å². The van der Waals surface area contributed by atoms with Crippen molar-refractivity contribution >= 4 is 22.5 Å². The van der Waals surface area contributed by atoms with Crippen LogP contribution in [-0.4, -0.2) is 27.0 Å². The van der Waals surface area contributed by atoms with E-state index in [1.165, 1.54) is 35.9 Å². The van der Waals surface area contributed by atoms with E-state index in [4.69, 9.17) is 0 Å². The molecule has 2 aromatic carbocycles. The summed E-state index contributed by atoms with van der Waals surface area (Å²) in [5.41, 5.74) is -0.904. The van der Waals surface area contributed by atoms with Gasteiger partial charge in [-0.15, -0.1) is 0 Å². The van der Waals surface area contributed by atoms with Gasteiger partial charge in [-0.05, 0) is 24.3 Å². The topological polar surface area (TPSA) is 116 Å². The first kappa shape index (κ1) is 17.1. The van der Waals surface area contributed by atoms with Crippen LogP contribution in [0, 0.1) is 10.1 Å². The molecule has 132 valence electrons. The number of carbonyl (C=O) groups excluding carboxylic acids is 1. The van der Waals surface area contributed by atoms with E-state index in [1.54, 1.807) is 24.3 Å². The van der Waals surface area contributed by atoms with Gasteiger partial charge in [-0.3, -0.25) is 24.3 Å². The minimum atomic E-state index is -0.703. The van der Waals surface area contributed by atoms with Gasteiger partial charge < -0.3 is 5.32 Å². The molecule has 3 aromatic rings. The second kappa shape index (κ2) is 6.63. The molecule has 1 N–H and O–H groups in total. The predicted molar refractivity (Wildman–Crippen MR) is 94.5 cm³/mol. The summed E-state index contributed by atoms with van der Waals surface area (Å²) in [6.45, 7) is -0.261. The number of nitrogens with one attached hydrogen (secondary N) is 1. The number of nitrogens with zero attached hydrogens (tertiary/aromatic N) is 3. The van der Waals surface area contributed by atoms with Crippen molar-refractivity contribution in [3.63, 3.8) is 0 Å². The van der Waals surface area contributed by atoms with Gasteiger partial charge in [0, 0.05) is 19.2 Å². The molecule has 1 amide bonds. The number of rotatable bonds is 4. The van der Waals surface area contributed by atoms with Crippen molar-refractivity contribution in [3.8, 4) is 5.69 Å². The minimum Gasteiger partial charge on any atom is -0.358 e. The van der Waals surface area contributed by atoms with Crippen molar-refractivity contribution in [3.05, 3.63) is 79.5 Å². The van der Waals surface area contributed by atoms with E-state index in [0.717, 1.165) is 4.57 Å². The van der Waals surface area contributed by atoms with E-state index in [-0.39, 0.29) is 23.3 Å². The number of likely N-dealkylation sites (N-methyl/N-ethyl adjacent to an activating group) is 1. The Hall–Kier alpha value is -3.75. The number of nitro groups is 1. The minimum absolute atomic E-state index is 0.159. The average Bonchev–Trinajstić information content (AvgIpc) is 2.65. The largest absolute Gasteiger partial charge is 0.358 e. The van der Waals surface area contributed by atoms with E-state index in [2.05, 4.69) is 5.32 Å². The first-order valence-electron chi connectivity index (χ1n) is 7.64. The zero-order valence-electron chi connectivity index (χ0n) is 13.7. The highest BCUT2D eigenvalue weighted by Crippen LogP contribution is 2.14. The molecule has 0 aliphatic carbocycles. The summed E-state index contributed by atoms with van der Waals surface area (Å²) >= 11 is 0. The summed E-state index contributed by atoms with van der Waals surface area (Å²) in [5.74, 6) is -0.397. The quantitative estimate of drug-likeness (QED) is 0.550. The molecule has 0 saturated carbocycles. The van der Waals surface area contributed by atoms with Gasteiger partial charge in [0.15, 0.2) is 0 Å². The zero-order valence-corrected chi connectivity index (χ0v) is 13.7. The van der Waals surface area contributed by atoms with Crippen LogP contribution in [0.2, 0.25) is 0 Å². The van der Waals surface area contributed by atoms with Crippen LogP contribution >= 0.6 is 0 Å². The number of amides is 1. The van der Waals surface area contributed by atoms with Gasteiger partial charge in [0.2, 0.25) is 5.91 Å². The molecule has 0 fully saturated rings. The number of para-hydroxylation sites is 1. The molecule has 26 heavy (non-hydrogen) atoms. The fraction of sp³-hybridized carbons (Fsp3) is 0.118. The molecule has 0 bridgehead atoms. The van der Waals surface area contributed by atoms with Crippen LogP contribution in [0.4, 0.5) is 5.69 Å². The maximum Gasteiger partial charge on any atom is 0.336 e. The molecule has 1 aromatic heterocycles. The summed E-state index contributed by atoms with van der Waals surface area (Å²) in [7, 11) is 1.45. The molecule has 0 saturated heterocycles. The Kier molecular flexibility index (Phi) is 4.36. The van der Waals surface area contributed by atoms with Crippen LogP contribution < -0.4 is 16.6 Å². The van der Waals surface area contributed by atoms with Crippen LogP contribution in [0.3, 0.4) is 0 Å². The smallest absolute Gasteiger partial charge is 0.336 e. The molecule has 1 heterocycles. The highest BCUT2D eigenvalue weighted by Gasteiger charge is 2.16. The van der Waals surface area contributed by atoms with Crippen molar-refractivity contribution < 1.29 is 9.72 Å². The van der Waals surface area contributed by atoms with Gasteiger partial charge in [0.25, 0.3) is 11.2 Å². The lowest BCUT2D eigenvalue weighted by Crippen LogP contribution is -2.41. The second-order valence-electron chi connectivity index (χ2n) is 5.47. The number of carbonyl (C=O) groups is 1. The third-order valence-corrected chi connectivity index (χ3v) is 3.95. The Balaban J connectivity index is 2.32. The standard InChI is InChI=1S/C17H14N4O5/c1-18-15(22)10-19-14-5-3-2-4-13(14)16(23)20(17(19)24)11-6-8-12(9-7-11)21(25)26/h2-9H,10H2,1H3,(H,18,22). The van der Waals surface area contributed by atoms with Gasteiger partial charge in [-0.2, -0.15) is 0 Å². The molecule has 0 radical (unpaired) electrons. The van der Waals surface area contributed by atoms with Crippen LogP contribution in [0.1, 0.15) is 0 Å². The van der Waals surface area contributed by atoms with Gasteiger partial charge >= 0.3 is 5.69 Å². The summed E-state index contributed by atoms with van der Waals surface area (Å²) in [6, 6.07) is 11.5. The summed E-state index contributed by atoms with van der Waals surface area (Å²) in [4.78, 5) is 47.7. The van der Waals surface area contributed by atoms with Crippen LogP contribution in [0.5, 0.6) is 0 Å². The lowest BCUT2D eigenvalue weighted by Gasteiger charge is -2.13. The van der Waals surface area contributed by atoms with Gasteiger partial charge in [0.05, 0.1) is 21.5 Å². The Labute approximate surface area is 146 Å². The van der Waals surface area contributed by atoms with Crippen molar-refractivity contribution in [2.24, 2.45) is 0 Å². The molecule has 0 unspecified atom stereocenters. The zero-order chi connectivity index (χ0) is 18.8. The normalized spacial score (nSPS) is 10.7. The highest BCUT2D eigenvalue weighted by molar-refractivity contribution is 5.81. The number of benzene rings is 2. The summed E-state index contributed by atoms with van der Waals surface area (Å²) < 4.78 is 2.09. The summed E-state index contributed by atoms with van der Waals surface area (Å²) in [5, 5.41) is 13.5. The van der Waals surface area contributed by atoms with Crippen LogP contribution in [-0.2, 0) is 11.3 Å². The monoisotopic (exact) mass is 354 g/mol. The molecular weight excluding hydrogens is 340 g/mol. The first-order chi connectivity index (χ1) is 12.4. The van der Waals surface area contributed by atoms with Crippen molar-refractivity contribution in [1.82, 2.24) is 14.5 Å². The number of hydrogen-bond acceptors (Lipinski definition) is 5. The fourth-order valence-electron chi connectivity index (χ4n) is 2.65. The third kappa shape index (κ3) is 2.86. The van der Waals surface area contributed by atoms with Crippen LogP contribution in [0.15, 0.2) is 58.1 Å². The molecule has 0 spiro atoms. The van der Waals surface area contributed by atoms with E-state index in [9.17, 15) is 24.5 Å². The van der Waals surface area contributed by atoms with E-state index < -0.39 is 22.1 Å². The van der Waals surface area contributed by atoms with Gasteiger partial charge in [0.1, 0.15) is 6.54 Å². The number of fused-ring (bicyclic) bond motifs is 1. The Morgan fingerprint density at radius 2 is 1.77 bits per heavy atom. The number of non-ortho nitro benzene ring substituents is 1. The SMILES string of the molecule is CNC(=O)Cn1c(=O)n(-c2ccc([N+](=O)[O-])cc2)c(=O)c2ccccc21. The Morgan fingerprint density at radius 1 is 1.12 bits per heavy atom. The highest BCUT2D eigenvalue weighted by atomic mass is 16.6. The van der Waals surface area contributed by atoms with E-state index in [0.29, 0.717) is 5.52 Å². The van der Waals surface area contributed by atoms with Crippen LogP contribution in [0.25, 0.3) is 16.6 Å². The molecule has 3 rings (SSSR count). The molecule has 0 aliphatic rings. The average molecular weight is 354 g/mol. The number of hydrogen-bond donors (Lipinski definition) is 1. The van der Waals surface area contributed by atoms with E-state index >= 15 is 0 Å². The van der Waals surface area contributed by atoms with Gasteiger partial charge in [-0.1, -0.05) is 12.1 Å². The molecule has 0 atom stereocenters. The molecular formula is C17H14N4O5. The Morgan fingerprint density at radius 3 is 2.38 bits per heavy atom. The summed E-state index contributed by atoms with van der Waals surface area (Å²) in [6.07, 6.45) is 0. The first-order valence-corrected chi connectivity index (χ1v) is 7.64. The fourth-order valence-corrected chi connectivity index (χ4v) is 2.65. The number of aromatic nitrogens is 2. The van der Waals surface area contributed by atoms with E-state index in [1.807, 2.05) is 0 Å². The molecule has 9 nitrogen and oxygen atoms in total.